The molecule has 1 heterocycles. The maximum atomic E-state index is 11.9. The summed E-state index contributed by atoms with van der Waals surface area (Å²) in [7, 11) is 0. The smallest absolute Gasteiger partial charge is 0.407 e. The minimum atomic E-state index is -0.473. The minimum Gasteiger partial charge on any atom is -0.453 e. The lowest BCUT2D eigenvalue weighted by molar-refractivity contribution is 0.0497. The summed E-state index contributed by atoms with van der Waals surface area (Å²) in [6.07, 6.45) is 2.74. The Hall–Kier alpha value is -1.01. The Morgan fingerprint density at radius 2 is 2.05 bits per heavy atom. The van der Waals surface area contributed by atoms with Gasteiger partial charge in [0.25, 0.3) is 0 Å². The molecule has 3 atom stereocenters. The lowest BCUT2D eigenvalue weighted by Gasteiger charge is -2.27. The van der Waals surface area contributed by atoms with Gasteiger partial charge in [-0.3, -0.25) is 0 Å². The van der Waals surface area contributed by atoms with Crippen molar-refractivity contribution in [1.82, 2.24) is 10.6 Å². The van der Waals surface area contributed by atoms with Gasteiger partial charge in [0.05, 0.1) is 6.04 Å². The normalized spacial score (nSPS) is 23.3. The average Bonchev–Trinajstić information content (AvgIpc) is 2.97. The average molecular weight is 373 g/mol. The lowest BCUT2D eigenvalue weighted by Crippen LogP contribution is -2.48. The number of alkyl carbamates (subject to hydrolysis) is 1. The first-order valence-electron chi connectivity index (χ1n) is 7.75. The maximum absolute atomic E-state index is 11.9. The van der Waals surface area contributed by atoms with Gasteiger partial charge in [0.15, 0.2) is 4.67 Å². The van der Waals surface area contributed by atoms with E-state index in [1.807, 2.05) is 32.9 Å². The molecule has 1 saturated carbocycles. The standard InChI is InChI=1S/C16H25BrN2O3/c1-10(13-8-9-14(17)21-13)18-11-6-5-7-12(11)19-15(20)22-16(2,3)4/h8-12,18H,5-7H2,1-4H3,(H,19,20). The molecule has 6 heteroatoms. The van der Waals surface area contributed by atoms with Crippen molar-refractivity contribution in [2.45, 2.75) is 70.7 Å². The SMILES string of the molecule is CC(NC1CCCC1NC(=O)OC(C)(C)C)c1ccc(Br)o1. The highest BCUT2D eigenvalue weighted by Crippen LogP contribution is 2.25. The van der Waals surface area contributed by atoms with Crippen LogP contribution in [-0.2, 0) is 4.74 Å². The summed E-state index contributed by atoms with van der Waals surface area (Å²) in [6.45, 7) is 7.67. The number of amides is 1. The van der Waals surface area contributed by atoms with E-state index in [4.69, 9.17) is 9.15 Å². The molecule has 1 aromatic heterocycles. The van der Waals surface area contributed by atoms with Crippen molar-refractivity contribution in [3.05, 3.63) is 22.6 Å². The number of hydrogen-bond donors (Lipinski definition) is 2. The summed E-state index contributed by atoms with van der Waals surface area (Å²) in [6, 6.07) is 4.26. The molecule has 0 spiro atoms. The molecule has 1 aliphatic carbocycles. The molecule has 1 aromatic rings. The van der Waals surface area contributed by atoms with Crippen LogP contribution in [-0.4, -0.2) is 23.8 Å². The first kappa shape index (κ1) is 17.3. The predicted octanol–water partition coefficient (Wildman–Crippen LogP) is 4.14. The van der Waals surface area contributed by atoms with E-state index in [1.165, 1.54) is 0 Å². The summed E-state index contributed by atoms with van der Waals surface area (Å²) in [5, 5.41) is 6.53. The van der Waals surface area contributed by atoms with Gasteiger partial charge < -0.3 is 19.8 Å². The number of rotatable bonds is 4. The maximum Gasteiger partial charge on any atom is 0.407 e. The molecule has 0 aliphatic heterocycles. The fourth-order valence-corrected chi connectivity index (χ4v) is 3.07. The Morgan fingerprint density at radius 3 is 2.64 bits per heavy atom. The lowest BCUT2D eigenvalue weighted by atomic mass is 10.1. The van der Waals surface area contributed by atoms with E-state index < -0.39 is 5.60 Å². The quantitative estimate of drug-likeness (QED) is 0.833. The predicted molar refractivity (Wildman–Crippen MR) is 88.8 cm³/mol. The molecule has 1 amide bonds. The molecular weight excluding hydrogens is 348 g/mol. The molecule has 1 aliphatic rings. The van der Waals surface area contributed by atoms with E-state index in [2.05, 4.69) is 33.5 Å². The number of hydrogen-bond acceptors (Lipinski definition) is 4. The third kappa shape index (κ3) is 5.02. The van der Waals surface area contributed by atoms with E-state index in [0.29, 0.717) is 0 Å². The van der Waals surface area contributed by atoms with Gasteiger partial charge in [-0.1, -0.05) is 0 Å². The molecule has 0 saturated heterocycles. The van der Waals surface area contributed by atoms with E-state index in [0.717, 1.165) is 29.7 Å². The summed E-state index contributed by atoms with van der Waals surface area (Å²) in [5.74, 6) is 0.884. The molecule has 0 bridgehead atoms. The van der Waals surface area contributed by atoms with Crippen molar-refractivity contribution in [2.24, 2.45) is 0 Å². The summed E-state index contributed by atoms with van der Waals surface area (Å²) >= 11 is 3.32. The highest BCUT2D eigenvalue weighted by molar-refractivity contribution is 9.10. The van der Waals surface area contributed by atoms with Crippen molar-refractivity contribution >= 4 is 22.0 Å². The van der Waals surface area contributed by atoms with Gasteiger partial charge in [-0.2, -0.15) is 0 Å². The molecule has 2 rings (SSSR count). The highest BCUT2D eigenvalue weighted by atomic mass is 79.9. The first-order valence-corrected chi connectivity index (χ1v) is 8.55. The van der Waals surface area contributed by atoms with Crippen molar-refractivity contribution in [3.63, 3.8) is 0 Å². The van der Waals surface area contributed by atoms with Gasteiger partial charge in [-0.15, -0.1) is 0 Å². The number of carbonyl (C=O) groups is 1. The van der Waals surface area contributed by atoms with Gasteiger partial charge in [-0.25, -0.2) is 4.79 Å². The summed E-state index contributed by atoms with van der Waals surface area (Å²) in [4.78, 5) is 11.9. The van der Waals surface area contributed by atoms with Crippen LogP contribution in [0.2, 0.25) is 0 Å². The molecule has 5 nitrogen and oxygen atoms in total. The van der Waals surface area contributed by atoms with Crippen LogP contribution >= 0.6 is 15.9 Å². The van der Waals surface area contributed by atoms with E-state index in [-0.39, 0.29) is 24.2 Å². The number of carbonyl (C=O) groups excluding carboxylic acids is 1. The van der Waals surface area contributed by atoms with E-state index in [9.17, 15) is 4.79 Å². The van der Waals surface area contributed by atoms with E-state index >= 15 is 0 Å². The zero-order valence-electron chi connectivity index (χ0n) is 13.6. The second kappa shape index (κ2) is 7.04. The number of halogens is 1. The molecule has 22 heavy (non-hydrogen) atoms. The van der Waals surface area contributed by atoms with Crippen LogP contribution in [0, 0.1) is 0 Å². The Kier molecular flexibility index (Phi) is 5.55. The molecule has 0 aromatic carbocycles. The second-order valence-electron chi connectivity index (χ2n) is 6.82. The molecule has 3 unspecified atom stereocenters. The Morgan fingerprint density at radius 1 is 1.36 bits per heavy atom. The van der Waals surface area contributed by atoms with Crippen LogP contribution in [0.5, 0.6) is 0 Å². The summed E-state index contributed by atoms with van der Waals surface area (Å²) < 4.78 is 11.6. The Balaban J connectivity index is 1.89. The van der Waals surface area contributed by atoms with Crippen LogP contribution in [0.15, 0.2) is 21.2 Å². The zero-order chi connectivity index (χ0) is 16.3. The van der Waals surface area contributed by atoms with Crippen LogP contribution in [0.3, 0.4) is 0 Å². The zero-order valence-corrected chi connectivity index (χ0v) is 15.2. The number of nitrogens with one attached hydrogen (secondary N) is 2. The molecule has 1 fully saturated rings. The van der Waals surface area contributed by atoms with Crippen LogP contribution in [0.4, 0.5) is 4.79 Å². The summed E-state index contributed by atoms with van der Waals surface area (Å²) in [5.41, 5.74) is -0.473. The number of ether oxygens (including phenoxy) is 1. The van der Waals surface area contributed by atoms with E-state index in [1.54, 1.807) is 0 Å². The van der Waals surface area contributed by atoms with Crippen molar-refractivity contribution in [1.29, 1.82) is 0 Å². The van der Waals surface area contributed by atoms with Crippen molar-refractivity contribution in [3.8, 4) is 0 Å². The van der Waals surface area contributed by atoms with Crippen molar-refractivity contribution < 1.29 is 13.9 Å². The second-order valence-corrected chi connectivity index (χ2v) is 7.60. The fraction of sp³-hybridized carbons (Fsp3) is 0.688. The monoisotopic (exact) mass is 372 g/mol. The van der Waals surface area contributed by atoms with Crippen LogP contribution in [0.1, 0.15) is 58.8 Å². The fourth-order valence-electron chi connectivity index (χ4n) is 2.76. The van der Waals surface area contributed by atoms with Crippen LogP contribution in [0.25, 0.3) is 0 Å². The minimum absolute atomic E-state index is 0.0932. The first-order chi connectivity index (χ1) is 10.2. The molecule has 124 valence electrons. The van der Waals surface area contributed by atoms with Gasteiger partial charge >= 0.3 is 6.09 Å². The Labute approximate surface area is 140 Å². The molecule has 2 N–H and O–H groups in total. The van der Waals surface area contributed by atoms with Crippen molar-refractivity contribution in [2.75, 3.05) is 0 Å². The van der Waals surface area contributed by atoms with Gasteiger partial charge in [0, 0.05) is 12.1 Å². The number of furan rings is 1. The third-order valence-corrected chi connectivity index (χ3v) is 4.13. The molecule has 0 radical (unpaired) electrons. The molecular formula is C16H25BrN2O3. The Bertz CT molecular complexity index is 510. The van der Waals surface area contributed by atoms with Gasteiger partial charge in [0.2, 0.25) is 0 Å². The largest absolute Gasteiger partial charge is 0.453 e. The highest BCUT2D eigenvalue weighted by Gasteiger charge is 2.31. The third-order valence-electron chi connectivity index (χ3n) is 3.70. The van der Waals surface area contributed by atoms with Crippen LogP contribution < -0.4 is 10.6 Å². The topological polar surface area (TPSA) is 63.5 Å². The van der Waals surface area contributed by atoms with Gasteiger partial charge in [-0.05, 0) is 75.0 Å². The van der Waals surface area contributed by atoms with Gasteiger partial charge in [0.1, 0.15) is 11.4 Å².